The third kappa shape index (κ3) is 3.75. The van der Waals surface area contributed by atoms with E-state index in [2.05, 4.69) is 0 Å². The van der Waals surface area contributed by atoms with E-state index in [4.69, 9.17) is 9.47 Å². The normalized spacial score (nSPS) is 23.6. The molecule has 0 unspecified atom stereocenters. The van der Waals surface area contributed by atoms with E-state index in [1.807, 2.05) is 4.90 Å². The number of carbonyl (C=O) groups is 2. The molecule has 2 aliphatic rings. The molecule has 1 heterocycles. The maximum Gasteiger partial charge on any atom is 0.309 e. The second kappa shape index (κ2) is 7.30. The molecule has 5 nitrogen and oxygen atoms in total. The summed E-state index contributed by atoms with van der Waals surface area (Å²) in [6.45, 7) is 1.68. The molecule has 1 amide bonds. The summed E-state index contributed by atoms with van der Waals surface area (Å²) in [5, 5.41) is 0. The summed E-state index contributed by atoms with van der Waals surface area (Å²) in [6, 6.07) is 6.28. The third-order valence-electron chi connectivity index (χ3n) is 4.79. The smallest absolute Gasteiger partial charge is 0.309 e. The predicted molar refractivity (Wildman–Crippen MR) is 84.4 cm³/mol. The summed E-state index contributed by atoms with van der Waals surface area (Å²) in [5.74, 6) is -1.24. The van der Waals surface area contributed by atoms with Gasteiger partial charge in [-0.1, -0.05) is 12.1 Å². The Morgan fingerprint density at radius 3 is 2.50 bits per heavy atom. The molecule has 0 bridgehead atoms. The number of amides is 1. The van der Waals surface area contributed by atoms with Crippen LogP contribution in [-0.4, -0.2) is 43.1 Å². The first-order valence-electron chi connectivity index (χ1n) is 8.30. The van der Waals surface area contributed by atoms with Crippen molar-refractivity contribution in [2.75, 3.05) is 20.3 Å². The minimum absolute atomic E-state index is 0.0124. The first-order valence-corrected chi connectivity index (χ1v) is 8.30. The highest BCUT2D eigenvalue weighted by Crippen LogP contribution is 2.42. The molecular weight excluding hydrogens is 313 g/mol. The van der Waals surface area contributed by atoms with Gasteiger partial charge in [0.05, 0.1) is 18.9 Å². The molecule has 1 aliphatic heterocycles. The minimum Gasteiger partial charge on any atom is -0.469 e. The Labute approximate surface area is 140 Å². The number of benzene rings is 1. The highest BCUT2D eigenvalue weighted by atomic mass is 19.1. The number of nitrogens with zero attached hydrogens (tertiary/aromatic N) is 1. The Morgan fingerprint density at radius 2 is 1.88 bits per heavy atom. The predicted octanol–water partition coefficient (Wildman–Crippen LogP) is 2.14. The van der Waals surface area contributed by atoms with E-state index in [9.17, 15) is 14.0 Å². The number of methoxy groups -OCH3 is 1. The van der Waals surface area contributed by atoms with Crippen LogP contribution in [0.25, 0.3) is 0 Å². The second-order valence-electron chi connectivity index (χ2n) is 6.41. The molecular formula is C18H22FNO4. The van der Waals surface area contributed by atoms with Gasteiger partial charge >= 0.3 is 5.97 Å². The van der Waals surface area contributed by atoms with Gasteiger partial charge in [-0.3, -0.25) is 9.59 Å². The fourth-order valence-electron chi connectivity index (χ4n) is 3.26. The van der Waals surface area contributed by atoms with Gasteiger partial charge in [-0.05, 0) is 37.0 Å². The van der Waals surface area contributed by atoms with Crippen molar-refractivity contribution in [3.63, 3.8) is 0 Å². The molecule has 3 rings (SSSR count). The van der Waals surface area contributed by atoms with Gasteiger partial charge in [0, 0.05) is 25.8 Å². The number of rotatable bonds is 5. The first kappa shape index (κ1) is 16.9. The van der Waals surface area contributed by atoms with Crippen molar-refractivity contribution in [1.29, 1.82) is 0 Å². The maximum atomic E-state index is 13.1. The largest absolute Gasteiger partial charge is 0.469 e. The molecule has 130 valence electrons. The molecule has 6 heteroatoms. The topological polar surface area (TPSA) is 55.8 Å². The van der Waals surface area contributed by atoms with Crippen LogP contribution in [0.4, 0.5) is 4.39 Å². The van der Waals surface area contributed by atoms with Crippen molar-refractivity contribution in [1.82, 2.24) is 4.90 Å². The number of esters is 1. The Kier molecular flexibility index (Phi) is 5.14. The summed E-state index contributed by atoms with van der Waals surface area (Å²) in [7, 11) is 1.34. The lowest BCUT2D eigenvalue weighted by atomic mass is 10.0. The van der Waals surface area contributed by atoms with Gasteiger partial charge in [0.15, 0.2) is 0 Å². The van der Waals surface area contributed by atoms with Gasteiger partial charge in [0.1, 0.15) is 5.82 Å². The zero-order valence-electron chi connectivity index (χ0n) is 13.7. The van der Waals surface area contributed by atoms with Crippen LogP contribution in [0.2, 0.25) is 0 Å². The Bertz CT molecular complexity index is 598. The highest BCUT2D eigenvalue weighted by Gasteiger charge is 2.51. The molecule has 0 radical (unpaired) electrons. The van der Waals surface area contributed by atoms with Crippen molar-refractivity contribution in [3.05, 3.63) is 35.6 Å². The standard InChI is InChI=1S/C18H22FNO4/c1-23-18(22)16-10-15(16)17(21)20(14-6-8-24-9-7-14)11-12-2-4-13(19)5-3-12/h2-5,14-16H,6-11H2,1H3/t15-,16-/m1/s1. The fraction of sp³-hybridized carbons (Fsp3) is 0.556. The SMILES string of the molecule is COC(=O)[C@@H]1C[C@H]1C(=O)N(Cc1ccc(F)cc1)C1CCOCC1. The average molecular weight is 335 g/mol. The van der Waals surface area contributed by atoms with Gasteiger partial charge < -0.3 is 14.4 Å². The molecule has 1 saturated heterocycles. The lowest BCUT2D eigenvalue weighted by Gasteiger charge is -2.34. The van der Waals surface area contributed by atoms with Crippen molar-refractivity contribution < 1.29 is 23.5 Å². The van der Waals surface area contributed by atoms with Gasteiger partial charge in [0.25, 0.3) is 0 Å². The van der Waals surface area contributed by atoms with Crippen molar-refractivity contribution in [2.45, 2.75) is 31.8 Å². The minimum atomic E-state index is -0.321. The lowest BCUT2D eigenvalue weighted by molar-refractivity contribution is -0.146. The average Bonchev–Trinajstić information content (AvgIpc) is 3.41. The number of carbonyl (C=O) groups excluding carboxylic acids is 2. The third-order valence-corrected chi connectivity index (χ3v) is 4.79. The molecule has 0 aromatic heterocycles. The van der Waals surface area contributed by atoms with E-state index in [0.29, 0.717) is 26.2 Å². The van der Waals surface area contributed by atoms with Crippen molar-refractivity contribution >= 4 is 11.9 Å². The quantitative estimate of drug-likeness (QED) is 0.774. The molecule has 1 aliphatic carbocycles. The van der Waals surface area contributed by atoms with E-state index in [1.54, 1.807) is 12.1 Å². The highest BCUT2D eigenvalue weighted by molar-refractivity contribution is 5.90. The van der Waals surface area contributed by atoms with Gasteiger partial charge in [-0.15, -0.1) is 0 Å². The van der Waals surface area contributed by atoms with Gasteiger partial charge in [-0.25, -0.2) is 4.39 Å². The van der Waals surface area contributed by atoms with E-state index in [0.717, 1.165) is 18.4 Å². The Balaban J connectivity index is 1.73. The molecule has 2 fully saturated rings. The van der Waals surface area contributed by atoms with Crippen molar-refractivity contribution in [3.8, 4) is 0 Å². The number of hydrogen-bond acceptors (Lipinski definition) is 4. The summed E-state index contributed by atoms with van der Waals surface area (Å²) in [6.07, 6.45) is 2.11. The number of ether oxygens (including phenoxy) is 2. The van der Waals surface area contributed by atoms with Crippen LogP contribution in [0.5, 0.6) is 0 Å². The van der Waals surface area contributed by atoms with Crippen LogP contribution in [0.1, 0.15) is 24.8 Å². The second-order valence-corrected chi connectivity index (χ2v) is 6.41. The van der Waals surface area contributed by atoms with Gasteiger partial charge in [0.2, 0.25) is 5.91 Å². The van der Waals surface area contributed by atoms with E-state index in [1.165, 1.54) is 19.2 Å². The molecule has 24 heavy (non-hydrogen) atoms. The van der Waals surface area contributed by atoms with Crippen LogP contribution >= 0.6 is 0 Å². The van der Waals surface area contributed by atoms with Crippen molar-refractivity contribution in [2.24, 2.45) is 11.8 Å². The lowest BCUT2D eigenvalue weighted by Crippen LogP contribution is -2.44. The molecule has 1 aromatic carbocycles. The van der Waals surface area contributed by atoms with Crippen LogP contribution in [-0.2, 0) is 25.6 Å². The van der Waals surface area contributed by atoms with Crippen LogP contribution in [0, 0.1) is 17.7 Å². The van der Waals surface area contributed by atoms with E-state index < -0.39 is 0 Å². The molecule has 1 aromatic rings. The van der Waals surface area contributed by atoms with Crippen LogP contribution in [0.3, 0.4) is 0 Å². The fourth-order valence-corrected chi connectivity index (χ4v) is 3.26. The monoisotopic (exact) mass is 335 g/mol. The molecule has 2 atom stereocenters. The summed E-state index contributed by atoms with van der Waals surface area (Å²) >= 11 is 0. The van der Waals surface area contributed by atoms with Gasteiger partial charge in [-0.2, -0.15) is 0 Å². The first-order chi connectivity index (χ1) is 11.6. The molecule has 0 spiro atoms. The summed E-state index contributed by atoms with van der Waals surface area (Å²) in [5.41, 5.74) is 0.881. The maximum absolute atomic E-state index is 13.1. The Morgan fingerprint density at radius 1 is 1.21 bits per heavy atom. The number of hydrogen-bond donors (Lipinski definition) is 0. The Hall–Kier alpha value is -1.95. The zero-order chi connectivity index (χ0) is 17.1. The molecule has 1 saturated carbocycles. The summed E-state index contributed by atoms with van der Waals surface area (Å²) in [4.78, 5) is 26.4. The van der Waals surface area contributed by atoms with Crippen LogP contribution < -0.4 is 0 Å². The summed E-state index contributed by atoms with van der Waals surface area (Å²) < 4.78 is 23.2. The van der Waals surface area contributed by atoms with E-state index >= 15 is 0 Å². The van der Waals surface area contributed by atoms with Crippen LogP contribution in [0.15, 0.2) is 24.3 Å². The zero-order valence-corrected chi connectivity index (χ0v) is 13.7. The molecule has 0 N–H and O–H groups in total. The van der Waals surface area contributed by atoms with E-state index in [-0.39, 0.29) is 35.6 Å². The number of halogens is 1.